The third-order valence-corrected chi connectivity index (χ3v) is 8.90. The van der Waals surface area contributed by atoms with Gasteiger partial charge in [0.2, 0.25) is 0 Å². The maximum absolute atomic E-state index is 2.81. The first-order chi connectivity index (χ1) is 13.1. The normalized spacial score (nSPS) is 30.9. The van der Waals surface area contributed by atoms with Crippen molar-refractivity contribution in [3.8, 4) is 0 Å². The second-order valence-electron chi connectivity index (χ2n) is 11.3. The molecule has 1 aliphatic carbocycles. The fourth-order valence-corrected chi connectivity index (χ4v) is 6.22. The van der Waals surface area contributed by atoms with E-state index in [9.17, 15) is 0 Å². The van der Waals surface area contributed by atoms with Crippen LogP contribution < -0.4 is 0 Å². The van der Waals surface area contributed by atoms with Crippen LogP contribution in [0.15, 0.2) is 0 Å². The van der Waals surface area contributed by atoms with Crippen molar-refractivity contribution >= 4 is 0 Å². The minimum atomic E-state index is 0.353. The van der Waals surface area contributed by atoms with Gasteiger partial charge in [-0.05, 0) is 86.1 Å². The van der Waals surface area contributed by atoms with Gasteiger partial charge in [0.25, 0.3) is 0 Å². The van der Waals surface area contributed by atoms with Crippen LogP contribution in [-0.2, 0) is 0 Å². The number of nitrogens with zero attached hydrogens (tertiary/aromatic N) is 4. The van der Waals surface area contributed by atoms with E-state index in [1.807, 2.05) is 0 Å². The van der Waals surface area contributed by atoms with Crippen molar-refractivity contribution in [2.45, 2.75) is 84.3 Å². The van der Waals surface area contributed by atoms with E-state index in [1.54, 1.807) is 0 Å². The second kappa shape index (κ2) is 8.91. The summed E-state index contributed by atoms with van der Waals surface area (Å²) >= 11 is 0. The van der Waals surface area contributed by atoms with Gasteiger partial charge in [0, 0.05) is 69.5 Å². The second-order valence-corrected chi connectivity index (χ2v) is 11.3. The Bertz CT molecular complexity index is 477. The van der Waals surface area contributed by atoms with Crippen molar-refractivity contribution < 1.29 is 0 Å². The quantitative estimate of drug-likeness (QED) is 0.708. The van der Waals surface area contributed by atoms with E-state index >= 15 is 0 Å². The van der Waals surface area contributed by atoms with Crippen LogP contribution in [0.2, 0.25) is 0 Å². The summed E-state index contributed by atoms with van der Waals surface area (Å²) in [4.78, 5) is 10.7. The smallest absolute Gasteiger partial charge is 0.0182 e. The Morgan fingerprint density at radius 3 is 1.32 bits per heavy atom. The molecule has 0 aromatic rings. The van der Waals surface area contributed by atoms with Crippen molar-refractivity contribution in [3.05, 3.63) is 0 Å². The molecular weight excluding hydrogens is 344 g/mol. The van der Waals surface area contributed by atoms with Crippen LogP contribution in [-0.4, -0.2) is 96.1 Å². The molecule has 28 heavy (non-hydrogen) atoms. The molecule has 0 unspecified atom stereocenters. The lowest BCUT2D eigenvalue weighted by atomic mass is 9.67. The maximum atomic E-state index is 2.81. The molecule has 2 saturated heterocycles. The highest BCUT2D eigenvalue weighted by Crippen LogP contribution is 2.43. The molecule has 2 heterocycles. The van der Waals surface area contributed by atoms with E-state index in [0.29, 0.717) is 17.1 Å². The molecule has 0 spiro atoms. The molecule has 0 atom stereocenters. The number of hydrogen-bond donors (Lipinski definition) is 0. The summed E-state index contributed by atoms with van der Waals surface area (Å²) in [5.41, 5.74) is 0.714. The van der Waals surface area contributed by atoms with Gasteiger partial charge in [0.1, 0.15) is 0 Å². The highest BCUT2D eigenvalue weighted by molar-refractivity contribution is 4.98. The zero-order valence-corrected chi connectivity index (χ0v) is 20.0. The lowest BCUT2D eigenvalue weighted by molar-refractivity contribution is -0.0301. The summed E-state index contributed by atoms with van der Waals surface area (Å²) in [5, 5.41) is 0. The number of rotatable bonds is 5. The Hall–Kier alpha value is -0.160. The van der Waals surface area contributed by atoms with Crippen molar-refractivity contribution in [3.63, 3.8) is 0 Å². The Balaban J connectivity index is 1.53. The number of piperazine rings is 2. The van der Waals surface area contributed by atoms with E-state index in [0.717, 1.165) is 11.8 Å². The Morgan fingerprint density at radius 2 is 0.964 bits per heavy atom. The first kappa shape index (κ1) is 22.5. The molecule has 0 amide bonds. The van der Waals surface area contributed by atoms with E-state index in [4.69, 9.17) is 0 Å². The van der Waals surface area contributed by atoms with E-state index < -0.39 is 0 Å². The molecular formula is C24H48N4. The van der Waals surface area contributed by atoms with Gasteiger partial charge in [-0.2, -0.15) is 0 Å². The van der Waals surface area contributed by atoms with E-state index in [2.05, 4.69) is 68.2 Å². The Labute approximate surface area is 175 Å². The van der Waals surface area contributed by atoms with Gasteiger partial charge in [-0.3, -0.25) is 14.7 Å². The number of likely N-dealkylation sites (N-methyl/N-ethyl adjacent to an activating group) is 1. The molecule has 0 aromatic heterocycles. The van der Waals surface area contributed by atoms with Crippen LogP contribution >= 0.6 is 0 Å². The molecule has 3 aliphatic rings. The summed E-state index contributed by atoms with van der Waals surface area (Å²) in [7, 11) is 2.26. The van der Waals surface area contributed by atoms with Crippen LogP contribution in [0.4, 0.5) is 0 Å². The van der Waals surface area contributed by atoms with Crippen LogP contribution in [0.3, 0.4) is 0 Å². The van der Waals surface area contributed by atoms with Gasteiger partial charge in [0.15, 0.2) is 0 Å². The lowest BCUT2D eigenvalue weighted by Gasteiger charge is -2.53. The van der Waals surface area contributed by atoms with Gasteiger partial charge in [-0.1, -0.05) is 0 Å². The van der Waals surface area contributed by atoms with E-state index in [1.165, 1.54) is 78.0 Å². The van der Waals surface area contributed by atoms with Crippen molar-refractivity contribution in [1.29, 1.82) is 0 Å². The summed E-state index contributed by atoms with van der Waals surface area (Å²) in [6.07, 6.45) is 5.66. The van der Waals surface area contributed by atoms with Gasteiger partial charge in [0.05, 0.1) is 0 Å². The Kier molecular flexibility index (Phi) is 7.17. The average Bonchev–Trinajstić information content (AvgIpc) is 2.68. The van der Waals surface area contributed by atoms with Crippen molar-refractivity contribution in [2.75, 3.05) is 59.4 Å². The topological polar surface area (TPSA) is 13.0 Å². The Morgan fingerprint density at radius 1 is 0.607 bits per heavy atom. The molecule has 0 aromatic carbocycles. The predicted octanol–water partition coefficient (Wildman–Crippen LogP) is 3.62. The zero-order chi connectivity index (χ0) is 20.5. The fourth-order valence-electron chi connectivity index (χ4n) is 6.22. The van der Waals surface area contributed by atoms with Gasteiger partial charge >= 0.3 is 0 Å². The molecule has 0 N–H and O–H groups in total. The monoisotopic (exact) mass is 392 g/mol. The first-order valence-corrected chi connectivity index (χ1v) is 12.0. The van der Waals surface area contributed by atoms with Crippen LogP contribution in [0.25, 0.3) is 0 Å². The third-order valence-electron chi connectivity index (χ3n) is 8.90. The first-order valence-electron chi connectivity index (χ1n) is 12.0. The molecule has 4 nitrogen and oxygen atoms in total. The van der Waals surface area contributed by atoms with Gasteiger partial charge < -0.3 is 4.90 Å². The standard InChI is InChI=1S/C24H48N4/c1-20(2)26-14-18-28(19-15-26)24(5,6)22-10-8-21(9-11-22)23(3,4)27-16-12-25(7)13-17-27/h20-22H,8-19H2,1-7H3. The molecule has 164 valence electrons. The molecule has 1 saturated carbocycles. The molecule has 0 bridgehead atoms. The van der Waals surface area contributed by atoms with Crippen LogP contribution in [0.5, 0.6) is 0 Å². The van der Waals surface area contributed by atoms with Crippen molar-refractivity contribution in [2.24, 2.45) is 11.8 Å². The summed E-state index contributed by atoms with van der Waals surface area (Å²) in [6.45, 7) is 24.7. The zero-order valence-electron chi connectivity index (χ0n) is 20.0. The highest BCUT2D eigenvalue weighted by atomic mass is 15.3. The third kappa shape index (κ3) is 4.77. The minimum Gasteiger partial charge on any atom is -0.304 e. The largest absolute Gasteiger partial charge is 0.304 e. The molecule has 3 fully saturated rings. The van der Waals surface area contributed by atoms with Crippen LogP contribution in [0.1, 0.15) is 67.2 Å². The minimum absolute atomic E-state index is 0.353. The number of hydrogen-bond acceptors (Lipinski definition) is 4. The van der Waals surface area contributed by atoms with Crippen LogP contribution in [0, 0.1) is 11.8 Å². The van der Waals surface area contributed by atoms with Gasteiger partial charge in [-0.15, -0.1) is 0 Å². The van der Waals surface area contributed by atoms with Gasteiger partial charge in [-0.25, -0.2) is 0 Å². The summed E-state index contributed by atoms with van der Waals surface area (Å²) < 4.78 is 0. The average molecular weight is 393 g/mol. The fraction of sp³-hybridized carbons (Fsp3) is 1.00. The van der Waals surface area contributed by atoms with Crippen molar-refractivity contribution in [1.82, 2.24) is 19.6 Å². The summed E-state index contributed by atoms with van der Waals surface area (Å²) in [6, 6.07) is 0.692. The predicted molar refractivity (Wildman–Crippen MR) is 121 cm³/mol. The lowest BCUT2D eigenvalue weighted by Crippen LogP contribution is -2.60. The highest BCUT2D eigenvalue weighted by Gasteiger charge is 2.43. The summed E-state index contributed by atoms with van der Waals surface area (Å²) in [5.74, 6) is 1.72. The SMILES string of the molecule is CC(C)N1CCN(C(C)(C)C2CCC(C(C)(C)N3CCN(C)CC3)CC2)CC1. The molecule has 2 aliphatic heterocycles. The maximum Gasteiger partial charge on any atom is 0.0182 e. The van der Waals surface area contributed by atoms with E-state index in [-0.39, 0.29) is 0 Å². The molecule has 0 radical (unpaired) electrons. The molecule has 4 heteroatoms. The molecule has 3 rings (SSSR count).